The summed E-state index contributed by atoms with van der Waals surface area (Å²) in [5.41, 5.74) is 0.993. The Morgan fingerprint density at radius 3 is 2.62 bits per heavy atom. The van der Waals surface area contributed by atoms with Gasteiger partial charge in [-0.3, -0.25) is 14.5 Å². The van der Waals surface area contributed by atoms with Crippen LogP contribution in [-0.4, -0.2) is 53.1 Å². The van der Waals surface area contributed by atoms with E-state index in [0.29, 0.717) is 29.6 Å². The highest BCUT2D eigenvalue weighted by Gasteiger charge is 2.41. The summed E-state index contributed by atoms with van der Waals surface area (Å²) in [7, 11) is 0. The first-order valence-corrected chi connectivity index (χ1v) is 10.4. The lowest BCUT2D eigenvalue weighted by molar-refractivity contribution is 0.0924. The van der Waals surface area contributed by atoms with Gasteiger partial charge in [-0.15, -0.1) is 0 Å². The van der Waals surface area contributed by atoms with Gasteiger partial charge >= 0.3 is 0 Å². The van der Waals surface area contributed by atoms with Gasteiger partial charge in [-0.1, -0.05) is 37.2 Å². The molecule has 2 heterocycles. The molecule has 2 amide bonds. The van der Waals surface area contributed by atoms with Gasteiger partial charge in [-0.2, -0.15) is 0 Å². The smallest absolute Gasteiger partial charge is 0.273 e. The predicted molar refractivity (Wildman–Crippen MR) is 109 cm³/mol. The third-order valence-corrected chi connectivity index (χ3v) is 5.67. The standard InChI is InChI=1S/C22H28N4O3/c1-14(2)20-11-19(25-29-20)22(28)24-16-10-18(26(13-16)17-8-9-17)12-23-21(27)15-6-4-3-5-7-15/h3-7,11,14,16-18H,8-10,12-13H2,1-2H3,(H,23,27)(H,24,28)/t16-,18-/m1/s1. The van der Waals surface area contributed by atoms with Crippen LogP contribution in [0.5, 0.6) is 0 Å². The number of amides is 2. The van der Waals surface area contributed by atoms with Gasteiger partial charge < -0.3 is 15.2 Å². The van der Waals surface area contributed by atoms with Gasteiger partial charge in [0.05, 0.1) is 0 Å². The van der Waals surface area contributed by atoms with E-state index in [0.717, 1.165) is 13.0 Å². The van der Waals surface area contributed by atoms with Gasteiger partial charge in [0.15, 0.2) is 5.69 Å². The van der Waals surface area contributed by atoms with Crippen LogP contribution in [-0.2, 0) is 0 Å². The second-order valence-electron chi connectivity index (χ2n) is 8.33. The summed E-state index contributed by atoms with van der Waals surface area (Å²) in [5, 5.41) is 10.0. The molecule has 2 fully saturated rings. The Morgan fingerprint density at radius 1 is 1.21 bits per heavy atom. The van der Waals surface area contributed by atoms with Crippen LogP contribution >= 0.6 is 0 Å². The largest absolute Gasteiger partial charge is 0.360 e. The molecular formula is C22H28N4O3. The van der Waals surface area contributed by atoms with Gasteiger partial charge in [0, 0.05) is 48.8 Å². The highest BCUT2D eigenvalue weighted by Crippen LogP contribution is 2.33. The van der Waals surface area contributed by atoms with Crippen LogP contribution in [0.4, 0.5) is 0 Å². The topological polar surface area (TPSA) is 87.5 Å². The third-order valence-electron chi connectivity index (χ3n) is 5.67. The SMILES string of the molecule is CC(C)c1cc(C(=O)N[C@@H]2C[C@H](CNC(=O)c3ccccc3)N(C3CC3)C2)no1. The first-order valence-electron chi connectivity index (χ1n) is 10.4. The van der Waals surface area contributed by atoms with Crippen LogP contribution in [0.15, 0.2) is 40.9 Å². The number of hydrogen-bond donors (Lipinski definition) is 2. The van der Waals surface area contributed by atoms with Gasteiger partial charge in [0.25, 0.3) is 11.8 Å². The minimum atomic E-state index is -0.199. The van der Waals surface area contributed by atoms with Crippen LogP contribution < -0.4 is 10.6 Å². The fraction of sp³-hybridized carbons (Fsp3) is 0.500. The van der Waals surface area contributed by atoms with E-state index in [-0.39, 0.29) is 29.8 Å². The average molecular weight is 396 g/mol. The zero-order chi connectivity index (χ0) is 20.4. The Bertz CT molecular complexity index is 860. The van der Waals surface area contributed by atoms with E-state index < -0.39 is 0 Å². The van der Waals surface area contributed by atoms with Crippen molar-refractivity contribution in [3.63, 3.8) is 0 Å². The number of likely N-dealkylation sites (tertiary alicyclic amines) is 1. The van der Waals surface area contributed by atoms with E-state index in [4.69, 9.17) is 4.52 Å². The molecule has 0 bridgehead atoms. The van der Waals surface area contributed by atoms with E-state index >= 15 is 0 Å². The number of nitrogens with zero attached hydrogens (tertiary/aromatic N) is 2. The summed E-state index contributed by atoms with van der Waals surface area (Å²) in [6, 6.07) is 11.8. The van der Waals surface area contributed by atoms with Crippen molar-refractivity contribution < 1.29 is 14.1 Å². The second kappa shape index (κ2) is 8.37. The Morgan fingerprint density at radius 2 is 1.97 bits per heavy atom. The molecule has 154 valence electrons. The first-order chi connectivity index (χ1) is 14.0. The molecular weight excluding hydrogens is 368 g/mol. The lowest BCUT2D eigenvalue weighted by atomic mass is 10.1. The third kappa shape index (κ3) is 4.67. The molecule has 1 saturated heterocycles. The minimum absolute atomic E-state index is 0.0425. The molecule has 2 N–H and O–H groups in total. The molecule has 4 rings (SSSR count). The van der Waals surface area contributed by atoms with E-state index in [9.17, 15) is 9.59 Å². The normalized spacial score (nSPS) is 22.0. The van der Waals surface area contributed by atoms with Crippen molar-refractivity contribution in [2.45, 2.75) is 57.2 Å². The second-order valence-corrected chi connectivity index (χ2v) is 8.33. The minimum Gasteiger partial charge on any atom is -0.360 e. The van der Waals surface area contributed by atoms with Gasteiger partial charge in [-0.05, 0) is 31.4 Å². The van der Waals surface area contributed by atoms with Crippen LogP contribution in [0.3, 0.4) is 0 Å². The molecule has 1 aliphatic carbocycles. The molecule has 0 radical (unpaired) electrons. The van der Waals surface area contributed by atoms with Gasteiger partial charge in [0.2, 0.25) is 0 Å². The quantitative estimate of drug-likeness (QED) is 0.751. The number of aromatic nitrogens is 1. The molecule has 7 nitrogen and oxygen atoms in total. The average Bonchev–Trinajstić information content (AvgIpc) is 3.29. The summed E-state index contributed by atoms with van der Waals surface area (Å²) in [6.07, 6.45) is 3.18. The Labute approximate surface area is 170 Å². The number of nitrogens with one attached hydrogen (secondary N) is 2. The van der Waals surface area contributed by atoms with E-state index in [1.54, 1.807) is 6.07 Å². The molecule has 0 spiro atoms. The number of carbonyl (C=O) groups is 2. The fourth-order valence-corrected chi connectivity index (χ4v) is 3.93. The van der Waals surface area contributed by atoms with Crippen molar-refractivity contribution >= 4 is 11.8 Å². The van der Waals surface area contributed by atoms with Gasteiger partial charge in [-0.25, -0.2) is 0 Å². The molecule has 7 heteroatoms. The molecule has 2 aromatic rings. The van der Waals surface area contributed by atoms with Crippen molar-refractivity contribution in [2.75, 3.05) is 13.1 Å². The van der Waals surface area contributed by atoms with Crippen molar-refractivity contribution in [3.8, 4) is 0 Å². The molecule has 29 heavy (non-hydrogen) atoms. The molecule has 1 aromatic carbocycles. The monoisotopic (exact) mass is 396 g/mol. The predicted octanol–water partition coefficient (Wildman–Crippen LogP) is 2.56. The summed E-state index contributed by atoms with van der Waals surface area (Å²) in [4.78, 5) is 27.4. The summed E-state index contributed by atoms with van der Waals surface area (Å²) in [6.45, 7) is 5.39. The number of rotatable bonds is 7. The van der Waals surface area contributed by atoms with Crippen LogP contribution in [0.2, 0.25) is 0 Å². The summed E-state index contributed by atoms with van der Waals surface area (Å²) >= 11 is 0. The summed E-state index contributed by atoms with van der Waals surface area (Å²) in [5.74, 6) is 0.647. The molecule has 0 unspecified atom stereocenters. The van der Waals surface area contributed by atoms with Crippen LogP contribution in [0.1, 0.15) is 65.6 Å². The van der Waals surface area contributed by atoms with Crippen LogP contribution in [0.25, 0.3) is 0 Å². The number of hydrogen-bond acceptors (Lipinski definition) is 5. The Kier molecular flexibility index (Phi) is 5.67. The van der Waals surface area contributed by atoms with Gasteiger partial charge in [0.1, 0.15) is 5.76 Å². The van der Waals surface area contributed by atoms with E-state index in [2.05, 4.69) is 20.7 Å². The zero-order valence-corrected chi connectivity index (χ0v) is 16.9. The molecule has 2 atom stereocenters. The zero-order valence-electron chi connectivity index (χ0n) is 16.9. The lowest BCUT2D eigenvalue weighted by Crippen LogP contribution is -2.41. The van der Waals surface area contributed by atoms with Crippen molar-refractivity contribution in [1.29, 1.82) is 0 Å². The Hall–Kier alpha value is -2.67. The van der Waals surface area contributed by atoms with Crippen molar-refractivity contribution in [1.82, 2.24) is 20.7 Å². The summed E-state index contributed by atoms with van der Waals surface area (Å²) < 4.78 is 5.24. The number of benzene rings is 1. The van der Waals surface area contributed by atoms with Crippen molar-refractivity contribution in [2.24, 2.45) is 0 Å². The fourth-order valence-electron chi connectivity index (χ4n) is 3.93. The first kappa shape index (κ1) is 19.6. The van der Waals surface area contributed by atoms with E-state index in [1.807, 2.05) is 44.2 Å². The maximum Gasteiger partial charge on any atom is 0.273 e. The molecule has 1 saturated carbocycles. The molecule has 1 aliphatic heterocycles. The van der Waals surface area contributed by atoms with Crippen LogP contribution in [0, 0.1) is 0 Å². The highest BCUT2D eigenvalue weighted by molar-refractivity contribution is 5.94. The van der Waals surface area contributed by atoms with E-state index in [1.165, 1.54) is 12.8 Å². The maximum atomic E-state index is 12.6. The number of carbonyl (C=O) groups excluding carboxylic acids is 2. The van der Waals surface area contributed by atoms with Crippen molar-refractivity contribution in [3.05, 3.63) is 53.4 Å². The Balaban J connectivity index is 1.34. The highest BCUT2D eigenvalue weighted by atomic mass is 16.5. The molecule has 2 aliphatic rings. The maximum absolute atomic E-state index is 12.6. The lowest BCUT2D eigenvalue weighted by Gasteiger charge is -2.24. The molecule has 1 aromatic heterocycles.